The predicted octanol–water partition coefficient (Wildman–Crippen LogP) is 0.690. The summed E-state index contributed by atoms with van der Waals surface area (Å²) >= 11 is 0. The van der Waals surface area contributed by atoms with E-state index in [0.717, 1.165) is 32.6 Å². The maximum Gasteiger partial charge on any atom is 0.317 e. The fourth-order valence-corrected chi connectivity index (χ4v) is 2.91. The van der Waals surface area contributed by atoms with Gasteiger partial charge in [0.15, 0.2) is 0 Å². The van der Waals surface area contributed by atoms with Crippen LogP contribution in [0, 0.1) is 17.8 Å². The van der Waals surface area contributed by atoms with Gasteiger partial charge in [0.1, 0.15) is 0 Å². The maximum absolute atomic E-state index is 11.9. The Morgan fingerprint density at radius 3 is 2.60 bits per heavy atom. The number of carboxylic acid groups (broad SMARTS) is 1. The number of urea groups is 1. The summed E-state index contributed by atoms with van der Waals surface area (Å²) in [6, 6.07) is -0.0474. The van der Waals surface area contributed by atoms with Gasteiger partial charge in [-0.15, -0.1) is 0 Å². The van der Waals surface area contributed by atoms with Crippen molar-refractivity contribution in [3.8, 4) is 0 Å². The van der Waals surface area contributed by atoms with Crippen molar-refractivity contribution < 1.29 is 14.7 Å². The van der Waals surface area contributed by atoms with Crippen LogP contribution in [-0.2, 0) is 4.79 Å². The standard InChI is InChI=1S/C14H25N3O3/c1-3-16-5-4-11(7-16)6-15-14(20)17-8-12(9-17)10(2)13(18)19/h10-12H,3-9H2,1-2H3,(H,15,20)(H,18,19). The van der Waals surface area contributed by atoms with Gasteiger partial charge in [-0.25, -0.2) is 4.79 Å². The molecule has 0 spiro atoms. The third-order valence-corrected chi connectivity index (χ3v) is 4.65. The average Bonchev–Trinajstić information content (AvgIpc) is 2.82. The minimum absolute atomic E-state index is 0.0474. The normalized spacial score (nSPS) is 25.3. The van der Waals surface area contributed by atoms with Gasteiger partial charge in [-0.3, -0.25) is 4.79 Å². The molecule has 6 nitrogen and oxygen atoms in total. The van der Waals surface area contributed by atoms with Crippen molar-refractivity contribution >= 4 is 12.0 Å². The van der Waals surface area contributed by atoms with Gasteiger partial charge in [-0.1, -0.05) is 13.8 Å². The van der Waals surface area contributed by atoms with Gasteiger partial charge in [0.2, 0.25) is 0 Å². The van der Waals surface area contributed by atoms with Crippen LogP contribution < -0.4 is 5.32 Å². The highest BCUT2D eigenvalue weighted by molar-refractivity contribution is 5.76. The lowest BCUT2D eigenvalue weighted by molar-refractivity contribution is -0.144. The Labute approximate surface area is 120 Å². The lowest BCUT2D eigenvalue weighted by Crippen LogP contribution is -2.56. The fraction of sp³-hybridized carbons (Fsp3) is 0.857. The molecule has 2 atom stereocenters. The van der Waals surface area contributed by atoms with Gasteiger partial charge >= 0.3 is 12.0 Å². The summed E-state index contributed by atoms with van der Waals surface area (Å²) in [6.45, 7) is 8.98. The van der Waals surface area contributed by atoms with E-state index in [-0.39, 0.29) is 17.9 Å². The number of aliphatic carboxylic acids is 1. The molecule has 2 aliphatic rings. The Morgan fingerprint density at radius 2 is 2.05 bits per heavy atom. The zero-order valence-electron chi connectivity index (χ0n) is 12.3. The molecule has 2 rings (SSSR count). The van der Waals surface area contributed by atoms with Gasteiger partial charge in [0.25, 0.3) is 0 Å². The molecule has 2 saturated heterocycles. The summed E-state index contributed by atoms with van der Waals surface area (Å²) in [4.78, 5) is 26.9. The number of hydrogen-bond acceptors (Lipinski definition) is 3. The molecule has 0 aromatic rings. The number of carbonyl (C=O) groups is 2. The van der Waals surface area contributed by atoms with Crippen LogP contribution >= 0.6 is 0 Å². The molecule has 6 heteroatoms. The van der Waals surface area contributed by atoms with Crippen LogP contribution in [-0.4, -0.2) is 66.2 Å². The van der Waals surface area contributed by atoms with Crippen molar-refractivity contribution in [1.82, 2.24) is 15.1 Å². The summed E-state index contributed by atoms with van der Waals surface area (Å²) in [5.74, 6) is -0.498. The van der Waals surface area contributed by atoms with E-state index in [0.29, 0.717) is 19.0 Å². The second kappa shape index (κ2) is 6.43. The summed E-state index contributed by atoms with van der Waals surface area (Å²) in [5.41, 5.74) is 0. The summed E-state index contributed by atoms with van der Waals surface area (Å²) in [6.07, 6.45) is 1.15. The number of hydrogen-bond donors (Lipinski definition) is 2. The summed E-state index contributed by atoms with van der Waals surface area (Å²) < 4.78 is 0. The van der Waals surface area contributed by atoms with E-state index >= 15 is 0 Å². The molecule has 2 heterocycles. The van der Waals surface area contributed by atoms with Crippen molar-refractivity contribution in [1.29, 1.82) is 0 Å². The lowest BCUT2D eigenvalue weighted by atomic mass is 9.87. The van der Waals surface area contributed by atoms with Crippen LogP contribution in [0.4, 0.5) is 4.79 Å². The van der Waals surface area contributed by atoms with Crippen LogP contribution in [0.2, 0.25) is 0 Å². The molecule has 20 heavy (non-hydrogen) atoms. The molecule has 2 aliphatic heterocycles. The number of nitrogens with zero attached hydrogens (tertiary/aromatic N) is 2. The molecule has 2 unspecified atom stereocenters. The molecule has 0 aliphatic carbocycles. The zero-order chi connectivity index (χ0) is 14.7. The third-order valence-electron chi connectivity index (χ3n) is 4.65. The minimum atomic E-state index is -0.777. The first-order valence-corrected chi connectivity index (χ1v) is 7.49. The SMILES string of the molecule is CCN1CCC(CNC(=O)N2CC(C(C)C(=O)O)C2)C1. The van der Waals surface area contributed by atoms with Crippen molar-refractivity contribution in [2.24, 2.45) is 17.8 Å². The van der Waals surface area contributed by atoms with E-state index in [1.807, 2.05) is 0 Å². The summed E-state index contributed by atoms with van der Waals surface area (Å²) in [7, 11) is 0. The molecule has 2 N–H and O–H groups in total. The van der Waals surface area contributed by atoms with E-state index in [1.165, 1.54) is 0 Å². The maximum atomic E-state index is 11.9. The number of carbonyl (C=O) groups excluding carboxylic acids is 1. The minimum Gasteiger partial charge on any atom is -0.481 e. The molecule has 0 aromatic heterocycles. The molecule has 0 saturated carbocycles. The van der Waals surface area contributed by atoms with Crippen molar-refractivity contribution in [2.75, 3.05) is 39.3 Å². The highest BCUT2D eigenvalue weighted by atomic mass is 16.4. The van der Waals surface area contributed by atoms with Crippen molar-refractivity contribution in [3.63, 3.8) is 0 Å². The topological polar surface area (TPSA) is 72.9 Å². The molecule has 0 aromatic carbocycles. The number of nitrogens with one attached hydrogen (secondary N) is 1. The van der Waals surface area contributed by atoms with Gasteiger partial charge in [-0.2, -0.15) is 0 Å². The smallest absolute Gasteiger partial charge is 0.317 e. The Morgan fingerprint density at radius 1 is 1.35 bits per heavy atom. The average molecular weight is 283 g/mol. The molecular weight excluding hydrogens is 258 g/mol. The zero-order valence-corrected chi connectivity index (χ0v) is 12.3. The second-order valence-corrected chi connectivity index (χ2v) is 6.03. The van der Waals surface area contributed by atoms with E-state index in [9.17, 15) is 9.59 Å². The number of rotatable bonds is 5. The molecule has 0 bridgehead atoms. The Balaban J connectivity index is 1.64. The summed E-state index contributed by atoms with van der Waals surface area (Å²) in [5, 5.41) is 11.9. The van der Waals surface area contributed by atoms with E-state index in [1.54, 1.807) is 11.8 Å². The van der Waals surface area contributed by atoms with Crippen molar-refractivity contribution in [2.45, 2.75) is 20.3 Å². The number of amides is 2. The predicted molar refractivity (Wildman–Crippen MR) is 75.5 cm³/mol. The van der Waals surface area contributed by atoms with Crippen LogP contribution in [0.15, 0.2) is 0 Å². The van der Waals surface area contributed by atoms with Gasteiger partial charge < -0.3 is 20.2 Å². The third kappa shape index (κ3) is 3.42. The van der Waals surface area contributed by atoms with E-state index < -0.39 is 5.97 Å². The van der Waals surface area contributed by atoms with Crippen LogP contribution in [0.3, 0.4) is 0 Å². The fourth-order valence-electron chi connectivity index (χ4n) is 2.91. The van der Waals surface area contributed by atoms with Gasteiger partial charge in [0.05, 0.1) is 5.92 Å². The monoisotopic (exact) mass is 283 g/mol. The number of likely N-dealkylation sites (tertiary alicyclic amines) is 2. The first kappa shape index (κ1) is 15.1. The van der Waals surface area contributed by atoms with E-state index in [4.69, 9.17) is 5.11 Å². The highest BCUT2D eigenvalue weighted by Crippen LogP contribution is 2.24. The second-order valence-electron chi connectivity index (χ2n) is 6.03. The molecular formula is C14H25N3O3. The molecule has 2 amide bonds. The quantitative estimate of drug-likeness (QED) is 0.778. The number of carboxylic acids is 1. The Hall–Kier alpha value is -1.30. The first-order valence-electron chi connectivity index (χ1n) is 7.49. The van der Waals surface area contributed by atoms with Gasteiger partial charge in [-0.05, 0) is 25.4 Å². The van der Waals surface area contributed by atoms with E-state index in [2.05, 4.69) is 17.1 Å². The Bertz CT molecular complexity index is 369. The first-order chi connectivity index (χ1) is 9.51. The molecule has 0 radical (unpaired) electrons. The Kier molecular flexibility index (Phi) is 4.86. The lowest BCUT2D eigenvalue weighted by Gasteiger charge is -2.41. The highest BCUT2D eigenvalue weighted by Gasteiger charge is 2.37. The van der Waals surface area contributed by atoms with Crippen molar-refractivity contribution in [3.05, 3.63) is 0 Å². The van der Waals surface area contributed by atoms with Crippen LogP contribution in [0.5, 0.6) is 0 Å². The molecule has 2 fully saturated rings. The van der Waals surface area contributed by atoms with Gasteiger partial charge in [0, 0.05) is 32.1 Å². The van der Waals surface area contributed by atoms with Crippen LogP contribution in [0.1, 0.15) is 20.3 Å². The van der Waals surface area contributed by atoms with Crippen LogP contribution in [0.25, 0.3) is 0 Å². The molecule has 114 valence electrons. The largest absolute Gasteiger partial charge is 0.481 e.